The molecule has 0 aromatic heterocycles. The predicted octanol–water partition coefficient (Wildman–Crippen LogP) is 2.15. The zero-order valence-electron chi connectivity index (χ0n) is 6.30. The Morgan fingerprint density at radius 1 is 1.20 bits per heavy atom. The first kappa shape index (κ1) is 8.76. The van der Waals surface area contributed by atoms with Gasteiger partial charge in [-0.05, 0) is 24.8 Å². The van der Waals surface area contributed by atoms with Gasteiger partial charge in [-0.25, -0.2) is 0 Å². The van der Waals surface area contributed by atoms with Gasteiger partial charge < -0.3 is 5.73 Å². The Balaban J connectivity index is 3.90. The molecule has 0 aliphatic heterocycles. The van der Waals surface area contributed by atoms with Crippen molar-refractivity contribution in [2.75, 3.05) is 0 Å². The van der Waals surface area contributed by atoms with Gasteiger partial charge >= 0.3 is 0 Å². The number of allylic oxidation sites excluding steroid dienone is 5. The van der Waals surface area contributed by atoms with Crippen LogP contribution in [-0.2, 0) is 0 Å². The maximum Gasteiger partial charge on any atom is -0.00566 e. The van der Waals surface area contributed by atoms with Crippen molar-refractivity contribution in [2.45, 2.75) is 6.92 Å². The minimum atomic E-state index is 0.880. The maximum absolute atomic E-state index is 5.14. The minimum absolute atomic E-state index is 0.880. The summed E-state index contributed by atoms with van der Waals surface area (Å²) in [6.07, 6.45) is 6.96. The zero-order valence-corrected chi connectivity index (χ0v) is 6.30. The van der Waals surface area contributed by atoms with E-state index in [-0.39, 0.29) is 0 Å². The van der Waals surface area contributed by atoms with Gasteiger partial charge in [0, 0.05) is 0 Å². The molecule has 2 N–H and O–H groups in total. The zero-order chi connectivity index (χ0) is 7.98. The fraction of sp³-hybridized carbons (Fsp3) is 0.111. The van der Waals surface area contributed by atoms with E-state index in [4.69, 9.17) is 5.73 Å². The van der Waals surface area contributed by atoms with Gasteiger partial charge in [0.15, 0.2) is 0 Å². The lowest BCUT2D eigenvalue weighted by atomic mass is 10.2. The average Bonchev–Trinajstić information content (AvgIpc) is 1.85. The van der Waals surface area contributed by atoms with E-state index in [0.717, 1.165) is 11.1 Å². The topological polar surface area (TPSA) is 26.0 Å². The van der Waals surface area contributed by atoms with Crippen LogP contribution in [0.3, 0.4) is 0 Å². The molecule has 1 nitrogen and oxygen atoms in total. The molecular weight excluding hydrogens is 122 g/mol. The van der Waals surface area contributed by atoms with Crippen molar-refractivity contribution >= 4 is 0 Å². The highest BCUT2D eigenvalue weighted by Gasteiger charge is 1.77. The quantitative estimate of drug-likeness (QED) is 0.589. The Bertz CT molecular complexity index is 185. The van der Waals surface area contributed by atoms with Gasteiger partial charge in [-0.15, -0.1) is 0 Å². The van der Waals surface area contributed by atoms with Gasteiger partial charge in [0.05, 0.1) is 0 Å². The number of nitrogens with two attached hydrogens (primary N) is 1. The van der Waals surface area contributed by atoms with Gasteiger partial charge in [-0.1, -0.05) is 30.9 Å². The summed E-state index contributed by atoms with van der Waals surface area (Å²) < 4.78 is 0. The van der Waals surface area contributed by atoms with E-state index in [1.165, 1.54) is 6.20 Å². The second kappa shape index (κ2) is 4.62. The third kappa shape index (κ3) is 4.91. The molecule has 0 aromatic rings. The summed E-state index contributed by atoms with van der Waals surface area (Å²) in [4.78, 5) is 0. The van der Waals surface area contributed by atoms with Crippen molar-refractivity contribution in [1.82, 2.24) is 0 Å². The van der Waals surface area contributed by atoms with E-state index in [1.54, 1.807) is 6.08 Å². The minimum Gasteiger partial charge on any atom is -0.405 e. The third-order valence-electron chi connectivity index (χ3n) is 0.892. The normalized spacial score (nSPS) is 10.9. The van der Waals surface area contributed by atoms with Crippen LogP contribution in [0, 0.1) is 0 Å². The average molecular weight is 135 g/mol. The molecule has 1 heteroatoms. The summed E-state index contributed by atoms with van der Waals surface area (Å²) in [6, 6.07) is 0. The van der Waals surface area contributed by atoms with Crippen LogP contribution in [0.2, 0.25) is 0 Å². The van der Waals surface area contributed by atoms with Crippen molar-refractivity contribution < 1.29 is 0 Å². The van der Waals surface area contributed by atoms with Crippen LogP contribution < -0.4 is 5.73 Å². The smallest absolute Gasteiger partial charge is 0.00566 e. The molecule has 0 heterocycles. The molecule has 54 valence electrons. The molecule has 10 heavy (non-hydrogen) atoms. The molecule has 0 saturated carbocycles. The maximum atomic E-state index is 5.14. The van der Waals surface area contributed by atoms with Crippen molar-refractivity contribution in [3.05, 3.63) is 48.7 Å². The summed E-state index contributed by atoms with van der Waals surface area (Å²) in [7, 11) is 0. The Kier molecular flexibility index (Phi) is 4.05. The highest BCUT2D eigenvalue weighted by atomic mass is 14.5. The third-order valence-corrected chi connectivity index (χ3v) is 0.892. The molecule has 0 rings (SSSR count). The monoisotopic (exact) mass is 135 g/mol. The van der Waals surface area contributed by atoms with Gasteiger partial charge in [-0.2, -0.15) is 0 Å². The molecule has 0 saturated heterocycles. The molecule has 0 atom stereocenters. The van der Waals surface area contributed by atoms with Gasteiger partial charge in [-0.3, -0.25) is 0 Å². The van der Waals surface area contributed by atoms with E-state index >= 15 is 0 Å². The molecule has 0 aromatic carbocycles. The Morgan fingerprint density at radius 2 is 1.80 bits per heavy atom. The lowest BCUT2D eigenvalue weighted by Gasteiger charge is -1.87. The second-order valence-corrected chi connectivity index (χ2v) is 2.11. The van der Waals surface area contributed by atoms with Gasteiger partial charge in [0.25, 0.3) is 0 Å². The van der Waals surface area contributed by atoms with E-state index in [0.29, 0.717) is 0 Å². The molecule has 0 spiro atoms. The molecule has 0 aliphatic carbocycles. The molecule has 0 bridgehead atoms. The summed E-state index contributed by atoms with van der Waals surface area (Å²) in [6.45, 7) is 9.35. The molecule has 0 amide bonds. The Labute approximate surface area is 62.2 Å². The Hall–Kier alpha value is -1.24. The SMILES string of the molecule is C=C(C)/C=C\C(=C)/C=C\N. The van der Waals surface area contributed by atoms with Gasteiger partial charge in [0.2, 0.25) is 0 Å². The first-order valence-electron chi connectivity index (χ1n) is 3.07. The van der Waals surface area contributed by atoms with Crippen LogP contribution in [0.15, 0.2) is 48.7 Å². The number of rotatable bonds is 3. The highest BCUT2D eigenvalue weighted by molar-refractivity contribution is 5.30. The first-order valence-corrected chi connectivity index (χ1v) is 3.07. The lowest BCUT2D eigenvalue weighted by molar-refractivity contribution is 1.53. The molecule has 0 aliphatic rings. The van der Waals surface area contributed by atoms with Gasteiger partial charge in [0.1, 0.15) is 0 Å². The summed E-state index contributed by atoms with van der Waals surface area (Å²) in [5, 5.41) is 0. The Morgan fingerprint density at radius 3 is 2.20 bits per heavy atom. The van der Waals surface area contributed by atoms with Crippen LogP contribution in [-0.4, -0.2) is 0 Å². The van der Waals surface area contributed by atoms with Crippen molar-refractivity contribution in [2.24, 2.45) is 5.73 Å². The fourth-order valence-electron chi connectivity index (χ4n) is 0.428. The van der Waals surface area contributed by atoms with E-state index in [2.05, 4.69) is 13.2 Å². The van der Waals surface area contributed by atoms with Crippen LogP contribution in [0.25, 0.3) is 0 Å². The van der Waals surface area contributed by atoms with E-state index in [9.17, 15) is 0 Å². The molecule has 0 unspecified atom stereocenters. The van der Waals surface area contributed by atoms with E-state index < -0.39 is 0 Å². The van der Waals surface area contributed by atoms with Crippen LogP contribution >= 0.6 is 0 Å². The number of hydrogen-bond acceptors (Lipinski definition) is 1. The molecule has 0 radical (unpaired) electrons. The van der Waals surface area contributed by atoms with Crippen LogP contribution in [0.5, 0.6) is 0 Å². The van der Waals surface area contributed by atoms with Crippen molar-refractivity contribution in [3.63, 3.8) is 0 Å². The van der Waals surface area contributed by atoms with E-state index in [1.807, 2.05) is 19.1 Å². The molecular formula is C9H13N. The van der Waals surface area contributed by atoms with Crippen molar-refractivity contribution in [3.8, 4) is 0 Å². The lowest BCUT2D eigenvalue weighted by Crippen LogP contribution is -1.76. The second-order valence-electron chi connectivity index (χ2n) is 2.11. The summed E-state index contributed by atoms with van der Waals surface area (Å²) in [5.74, 6) is 0. The largest absolute Gasteiger partial charge is 0.405 e. The predicted molar refractivity (Wildman–Crippen MR) is 46.4 cm³/mol. The fourth-order valence-corrected chi connectivity index (χ4v) is 0.428. The van der Waals surface area contributed by atoms with Crippen LogP contribution in [0.1, 0.15) is 6.92 Å². The summed E-state index contributed by atoms with van der Waals surface area (Å²) >= 11 is 0. The number of hydrogen-bond donors (Lipinski definition) is 1. The standard InChI is InChI=1S/C9H13N/c1-8(2)4-5-9(3)6-7-10/h4-7H,1,3,10H2,2H3/b5-4-,7-6-. The summed E-state index contributed by atoms with van der Waals surface area (Å²) in [5.41, 5.74) is 7.02. The first-order chi connectivity index (χ1) is 4.66. The van der Waals surface area contributed by atoms with Crippen molar-refractivity contribution in [1.29, 1.82) is 0 Å². The molecule has 0 fully saturated rings. The highest BCUT2D eigenvalue weighted by Crippen LogP contribution is 1.97. The van der Waals surface area contributed by atoms with Crippen LogP contribution in [0.4, 0.5) is 0 Å².